The predicted molar refractivity (Wildman–Crippen MR) is 64.5 cm³/mol. The van der Waals surface area contributed by atoms with Gasteiger partial charge in [0.1, 0.15) is 5.69 Å². The van der Waals surface area contributed by atoms with E-state index in [0.717, 1.165) is 13.2 Å². The Kier molecular flexibility index (Phi) is 3.64. The van der Waals surface area contributed by atoms with Crippen LogP contribution in [0.15, 0.2) is 30.5 Å². The molecule has 1 N–H and O–H groups in total. The number of nitrogens with one attached hydrogen (secondary N) is 1. The van der Waals surface area contributed by atoms with Crippen LogP contribution in [0.3, 0.4) is 0 Å². The molecule has 5 nitrogen and oxygen atoms in total. The number of carbonyl (C=O) groups is 1. The average Bonchev–Trinajstić information content (AvgIpc) is 2.39. The summed E-state index contributed by atoms with van der Waals surface area (Å²) >= 11 is 0. The molecule has 106 valence electrons. The number of hydrogen-bond acceptors (Lipinski definition) is 4. The van der Waals surface area contributed by atoms with Gasteiger partial charge in [0.05, 0.1) is 12.6 Å². The van der Waals surface area contributed by atoms with Gasteiger partial charge >= 0.3 is 12.5 Å². The first-order valence-corrected chi connectivity index (χ1v) is 5.39. The maximum atomic E-state index is 12.4. The lowest BCUT2D eigenvalue weighted by atomic mass is 10.2. The molecular weight excluding hydrogens is 277 g/mol. The number of hydrogen-bond donors (Lipinski definition) is 1. The molecule has 1 aromatic heterocycles. The van der Waals surface area contributed by atoms with E-state index in [-0.39, 0.29) is 11.2 Å². The van der Waals surface area contributed by atoms with Crippen molar-refractivity contribution < 1.29 is 27.4 Å². The van der Waals surface area contributed by atoms with Gasteiger partial charge in [0.25, 0.3) is 0 Å². The maximum Gasteiger partial charge on any atom is 0.573 e. The number of nitrogens with zero attached hydrogens (tertiary/aromatic N) is 1. The van der Waals surface area contributed by atoms with Gasteiger partial charge in [-0.2, -0.15) is 0 Å². The zero-order valence-electron chi connectivity index (χ0n) is 10.2. The Balaban J connectivity index is 2.55. The molecular formula is C12H9F3N2O3. The lowest BCUT2D eigenvalue weighted by molar-refractivity contribution is -0.274. The third-order valence-corrected chi connectivity index (χ3v) is 2.37. The van der Waals surface area contributed by atoms with Gasteiger partial charge in [-0.25, -0.2) is 4.79 Å². The molecule has 0 saturated heterocycles. The number of benzene rings is 1. The zero-order chi connectivity index (χ0) is 14.8. The SMILES string of the molecule is COC(=O)Nc1c(OC(F)(F)F)ccc2cccnc12. The summed E-state index contributed by atoms with van der Waals surface area (Å²) < 4.78 is 45.3. The number of amides is 1. The molecule has 0 aliphatic heterocycles. The normalized spacial score (nSPS) is 11.2. The summed E-state index contributed by atoms with van der Waals surface area (Å²) in [4.78, 5) is 15.2. The molecule has 8 heteroatoms. The summed E-state index contributed by atoms with van der Waals surface area (Å²) in [6, 6.07) is 5.77. The smallest absolute Gasteiger partial charge is 0.453 e. The Morgan fingerprint density at radius 1 is 1.30 bits per heavy atom. The van der Waals surface area contributed by atoms with E-state index in [1.165, 1.54) is 12.3 Å². The van der Waals surface area contributed by atoms with E-state index in [9.17, 15) is 18.0 Å². The van der Waals surface area contributed by atoms with Crippen LogP contribution in [-0.4, -0.2) is 24.5 Å². The van der Waals surface area contributed by atoms with Crippen LogP contribution in [-0.2, 0) is 4.74 Å². The fourth-order valence-electron chi connectivity index (χ4n) is 1.61. The summed E-state index contributed by atoms with van der Waals surface area (Å²) in [7, 11) is 1.10. The molecule has 2 rings (SSSR count). The first-order valence-electron chi connectivity index (χ1n) is 5.39. The van der Waals surface area contributed by atoms with Gasteiger partial charge in [0, 0.05) is 11.6 Å². The molecule has 20 heavy (non-hydrogen) atoms. The number of carbonyl (C=O) groups excluding carboxylic acids is 1. The van der Waals surface area contributed by atoms with E-state index in [1.807, 2.05) is 0 Å². The van der Waals surface area contributed by atoms with Crippen molar-refractivity contribution in [2.24, 2.45) is 0 Å². The lowest BCUT2D eigenvalue weighted by Crippen LogP contribution is -2.19. The highest BCUT2D eigenvalue weighted by molar-refractivity contribution is 6.00. The Hall–Kier alpha value is -2.51. The van der Waals surface area contributed by atoms with Crippen molar-refractivity contribution in [2.45, 2.75) is 6.36 Å². The molecule has 0 fully saturated rings. The standard InChI is InChI=1S/C12H9F3N2O3/c1-19-11(18)17-10-8(20-12(13,14)15)5-4-7-3-2-6-16-9(7)10/h2-6H,1H3,(H,17,18). The molecule has 0 aliphatic rings. The van der Waals surface area contributed by atoms with Gasteiger partial charge in [-0.15, -0.1) is 13.2 Å². The molecule has 0 bridgehead atoms. The summed E-state index contributed by atoms with van der Waals surface area (Å²) in [6.07, 6.45) is -4.41. The number of fused-ring (bicyclic) bond motifs is 1. The van der Waals surface area contributed by atoms with E-state index in [0.29, 0.717) is 5.39 Å². The highest BCUT2D eigenvalue weighted by atomic mass is 19.4. The molecule has 1 heterocycles. The van der Waals surface area contributed by atoms with Crippen molar-refractivity contribution >= 4 is 22.7 Å². The van der Waals surface area contributed by atoms with E-state index >= 15 is 0 Å². The second kappa shape index (κ2) is 5.24. The van der Waals surface area contributed by atoms with Crippen molar-refractivity contribution in [1.82, 2.24) is 4.98 Å². The predicted octanol–water partition coefficient (Wildman–Crippen LogP) is 3.31. The fourth-order valence-corrected chi connectivity index (χ4v) is 1.61. The molecule has 0 unspecified atom stereocenters. The third kappa shape index (κ3) is 3.08. The van der Waals surface area contributed by atoms with E-state index in [2.05, 4.69) is 19.8 Å². The minimum atomic E-state index is -4.88. The highest BCUT2D eigenvalue weighted by Crippen LogP contribution is 2.35. The number of ether oxygens (including phenoxy) is 2. The molecule has 0 aliphatic carbocycles. The minimum absolute atomic E-state index is 0.166. The van der Waals surface area contributed by atoms with Crippen LogP contribution in [0.5, 0.6) is 5.75 Å². The average molecular weight is 286 g/mol. The van der Waals surface area contributed by atoms with Gasteiger partial charge in [-0.05, 0) is 18.2 Å². The third-order valence-electron chi connectivity index (χ3n) is 2.37. The van der Waals surface area contributed by atoms with Crippen LogP contribution in [0, 0.1) is 0 Å². The largest absolute Gasteiger partial charge is 0.573 e. The summed E-state index contributed by atoms with van der Waals surface area (Å²) in [6.45, 7) is 0. The summed E-state index contributed by atoms with van der Waals surface area (Å²) in [5.41, 5.74) is -0.0353. The second-order valence-electron chi connectivity index (χ2n) is 3.68. The Labute approximate surface area is 111 Å². The van der Waals surface area contributed by atoms with Crippen LogP contribution in [0.1, 0.15) is 0 Å². The highest BCUT2D eigenvalue weighted by Gasteiger charge is 2.33. The van der Waals surface area contributed by atoms with Crippen LogP contribution < -0.4 is 10.1 Å². The molecule has 0 saturated carbocycles. The molecule has 0 atom stereocenters. The van der Waals surface area contributed by atoms with Crippen molar-refractivity contribution in [3.05, 3.63) is 30.5 Å². The van der Waals surface area contributed by atoms with E-state index in [1.54, 1.807) is 12.1 Å². The Bertz CT molecular complexity index is 643. The summed E-state index contributed by atoms with van der Waals surface area (Å²) in [5.74, 6) is -0.561. The number of rotatable bonds is 2. The molecule has 0 radical (unpaired) electrons. The van der Waals surface area contributed by atoms with E-state index < -0.39 is 18.2 Å². The number of alkyl halides is 3. The van der Waals surface area contributed by atoms with Crippen LogP contribution in [0.2, 0.25) is 0 Å². The molecule has 0 spiro atoms. The topological polar surface area (TPSA) is 60.5 Å². The fraction of sp³-hybridized carbons (Fsp3) is 0.167. The van der Waals surface area contributed by atoms with Gasteiger partial charge in [-0.3, -0.25) is 10.3 Å². The minimum Gasteiger partial charge on any atom is -0.453 e. The van der Waals surface area contributed by atoms with E-state index in [4.69, 9.17) is 0 Å². The molecule has 2 aromatic rings. The molecule has 1 amide bonds. The number of halogens is 3. The second-order valence-corrected chi connectivity index (χ2v) is 3.68. The monoisotopic (exact) mass is 286 g/mol. The Morgan fingerprint density at radius 3 is 2.70 bits per heavy atom. The van der Waals surface area contributed by atoms with Gasteiger partial charge < -0.3 is 9.47 Å². The Morgan fingerprint density at radius 2 is 2.05 bits per heavy atom. The molecule has 1 aromatic carbocycles. The van der Waals surface area contributed by atoms with Gasteiger partial charge in [0.2, 0.25) is 0 Å². The van der Waals surface area contributed by atoms with Crippen molar-refractivity contribution in [3.8, 4) is 5.75 Å². The lowest BCUT2D eigenvalue weighted by Gasteiger charge is -2.15. The number of pyridine rings is 1. The van der Waals surface area contributed by atoms with Crippen LogP contribution in [0.25, 0.3) is 10.9 Å². The quantitative estimate of drug-likeness (QED) is 0.920. The van der Waals surface area contributed by atoms with Crippen LogP contribution >= 0.6 is 0 Å². The number of aromatic nitrogens is 1. The van der Waals surface area contributed by atoms with Gasteiger partial charge in [-0.1, -0.05) is 6.07 Å². The maximum absolute atomic E-state index is 12.4. The summed E-state index contributed by atoms with van der Waals surface area (Å²) in [5, 5.41) is 2.73. The van der Waals surface area contributed by atoms with Crippen molar-refractivity contribution in [3.63, 3.8) is 0 Å². The zero-order valence-corrected chi connectivity index (χ0v) is 10.2. The van der Waals surface area contributed by atoms with Crippen molar-refractivity contribution in [2.75, 3.05) is 12.4 Å². The first-order chi connectivity index (χ1) is 9.40. The van der Waals surface area contributed by atoms with Gasteiger partial charge in [0.15, 0.2) is 5.75 Å². The van der Waals surface area contributed by atoms with Crippen LogP contribution in [0.4, 0.5) is 23.7 Å². The number of methoxy groups -OCH3 is 1. The number of anilines is 1. The first kappa shape index (κ1) is 13.9. The van der Waals surface area contributed by atoms with Crippen molar-refractivity contribution in [1.29, 1.82) is 0 Å².